The number of benzene rings is 2. The molecule has 4 N–H and O–H groups in total. The molecule has 2 heterocycles. The number of nitrogens with zero attached hydrogens (tertiary/aromatic N) is 1. The first kappa shape index (κ1) is 21.4. The van der Waals surface area contributed by atoms with Crippen molar-refractivity contribution < 1.29 is 9.59 Å². The summed E-state index contributed by atoms with van der Waals surface area (Å²) in [6.07, 6.45) is 8.01. The van der Waals surface area contributed by atoms with Crippen LogP contribution in [0.25, 0.3) is 10.9 Å². The molecule has 176 valence electrons. The maximum atomic E-state index is 13.8. The molecule has 3 aromatic rings. The number of likely N-dealkylation sites (tertiary alicyclic amines) is 1. The second-order valence-electron chi connectivity index (χ2n) is 10.5. The number of nitrogens with one attached hydrogen (secondary N) is 2. The Hall–Kier alpha value is -3.12. The van der Waals surface area contributed by atoms with Crippen molar-refractivity contribution >= 4 is 22.7 Å². The number of amides is 2. The summed E-state index contributed by atoms with van der Waals surface area (Å²) in [5, 5.41) is 4.11. The molecule has 1 atom stereocenters. The van der Waals surface area contributed by atoms with Crippen molar-refractivity contribution in [2.75, 3.05) is 13.1 Å². The number of H-pyrrole nitrogens is 1. The van der Waals surface area contributed by atoms with Crippen molar-refractivity contribution in [2.24, 2.45) is 5.73 Å². The van der Waals surface area contributed by atoms with Crippen LogP contribution in [0.5, 0.6) is 0 Å². The van der Waals surface area contributed by atoms with Gasteiger partial charge in [-0.3, -0.25) is 9.59 Å². The van der Waals surface area contributed by atoms with Gasteiger partial charge in [-0.2, -0.15) is 0 Å². The molecule has 6 nitrogen and oxygen atoms in total. The molecule has 1 aromatic heterocycles. The molecule has 34 heavy (non-hydrogen) atoms. The van der Waals surface area contributed by atoms with Gasteiger partial charge in [0.05, 0.1) is 5.54 Å². The van der Waals surface area contributed by atoms with Gasteiger partial charge >= 0.3 is 0 Å². The molecule has 0 bridgehead atoms. The number of nitrogens with two attached hydrogens (primary N) is 1. The predicted octanol–water partition coefficient (Wildman–Crippen LogP) is 3.19. The fourth-order valence-corrected chi connectivity index (χ4v) is 6.04. The van der Waals surface area contributed by atoms with Crippen molar-refractivity contribution in [3.63, 3.8) is 0 Å². The molecule has 1 saturated heterocycles. The number of aromatic nitrogens is 1. The van der Waals surface area contributed by atoms with Crippen LogP contribution in [0.2, 0.25) is 0 Å². The van der Waals surface area contributed by atoms with Gasteiger partial charge in [-0.05, 0) is 66.7 Å². The minimum Gasteiger partial charge on any atom is -0.361 e. The van der Waals surface area contributed by atoms with Crippen LogP contribution >= 0.6 is 0 Å². The van der Waals surface area contributed by atoms with Crippen LogP contribution in [0.15, 0.2) is 54.7 Å². The Morgan fingerprint density at radius 1 is 1.00 bits per heavy atom. The van der Waals surface area contributed by atoms with Gasteiger partial charge in [-0.15, -0.1) is 0 Å². The summed E-state index contributed by atoms with van der Waals surface area (Å²) >= 11 is 0. The van der Waals surface area contributed by atoms with E-state index < -0.39 is 11.6 Å². The maximum absolute atomic E-state index is 13.8. The SMILES string of the molecule is NC1(C(=O)N[C@H](Cc2c[nH]c3ccccc23)C(=O)N2CCC3(CCc4ccccc43)CC2)CC1. The summed E-state index contributed by atoms with van der Waals surface area (Å²) in [5.41, 5.74) is 10.6. The summed E-state index contributed by atoms with van der Waals surface area (Å²) in [7, 11) is 0. The summed E-state index contributed by atoms with van der Waals surface area (Å²) in [6, 6.07) is 16.2. The molecule has 1 saturated carbocycles. The summed E-state index contributed by atoms with van der Waals surface area (Å²) in [4.78, 5) is 31.8. The Labute approximate surface area is 199 Å². The van der Waals surface area contributed by atoms with E-state index in [0.29, 0.717) is 19.3 Å². The second kappa shape index (κ2) is 7.98. The standard InChI is InChI=1S/C28H32N4O2/c29-28(11-12-28)26(34)31-24(17-20-18-30-23-8-4-2-6-21(20)23)25(33)32-15-13-27(14-16-32)10-9-19-5-1-3-7-22(19)27/h1-8,18,24,30H,9-17,29H2,(H,31,34)/t24-/m1/s1. The number of hydrogen-bond donors (Lipinski definition) is 3. The summed E-state index contributed by atoms with van der Waals surface area (Å²) in [6.45, 7) is 1.45. The quantitative estimate of drug-likeness (QED) is 0.551. The molecule has 1 spiro atoms. The highest BCUT2D eigenvalue weighted by molar-refractivity contribution is 5.94. The van der Waals surface area contributed by atoms with Gasteiger partial charge < -0.3 is 20.9 Å². The van der Waals surface area contributed by atoms with E-state index in [0.717, 1.165) is 48.8 Å². The molecule has 3 aliphatic rings. The lowest BCUT2D eigenvalue weighted by molar-refractivity contribution is -0.138. The molecule has 0 unspecified atom stereocenters. The van der Waals surface area contributed by atoms with Crippen LogP contribution in [0.3, 0.4) is 0 Å². The van der Waals surface area contributed by atoms with Gasteiger partial charge in [0.15, 0.2) is 0 Å². The topological polar surface area (TPSA) is 91.2 Å². The smallest absolute Gasteiger partial charge is 0.245 e. The van der Waals surface area contributed by atoms with Gasteiger partial charge in [0.1, 0.15) is 6.04 Å². The van der Waals surface area contributed by atoms with E-state index in [9.17, 15) is 9.59 Å². The number of fused-ring (bicyclic) bond motifs is 3. The summed E-state index contributed by atoms with van der Waals surface area (Å²) < 4.78 is 0. The monoisotopic (exact) mass is 456 g/mol. The van der Waals surface area contributed by atoms with Gasteiger partial charge in [0.25, 0.3) is 0 Å². The molecule has 0 radical (unpaired) electrons. The largest absolute Gasteiger partial charge is 0.361 e. The Morgan fingerprint density at radius 2 is 1.74 bits per heavy atom. The average Bonchev–Trinajstić information content (AvgIpc) is 3.36. The minimum atomic E-state index is -0.807. The van der Waals surface area contributed by atoms with Crippen LogP contribution in [0.1, 0.15) is 48.8 Å². The van der Waals surface area contributed by atoms with Crippen molar-refractivity contribution in [3.05, 3.63) is 71.4 Å². The first-order valence-electron chi connectivity index (χ1n) is 12.5. The lowest BCUT2D eigenvalue weighted by atomic mass is 9.74. The van der Waals surface area contributed by atoms with E-state index in [2.05, 4.69) is 40.6 Å². The Bertz CT molecular complexity index is 1250. The zero-order chi connectivity index (χ0) is 23.3. The van der Waals surface area contributed by atoms with Crippen molar-refractivity contribution in [2.45, 2.75) is 61.9 Å². The zero-order valence-corrected chi connectivity index (χ0v) is 19.5. The van der Waals surface area contributed by atoms with E-state index in [1.54, 1.807) is 0 Å². The number of carbonyl (C=O) groups is 2. The molecular formula is C28H32N4O2. The number of rotatable bonds is 5. The molecule has 1 aliphatic heterocycles. The van der Waals surface area contributed by atoms with E-state index in [4.69, 9.17) is 5.73 Å². The normalized spacial score (nSPS) is 20.8. The van der Waals surface area contributed by atoms with E-state index in [-0.39, 0.29) is 17.2 Å². The van der Waals surface area contributed by atoms with Crippen LogP contribution in [-0.2, 0) is 27.8 Å². The lowest BCUT2D eigenvalue weighted by Crippen LogP contribution is -2.56. The number of aromatic amines is 1. The van der Waals surface area contributed by atoms with E-state index >= 15 is 0 Å². The fraction of sp³-hybridized carbons (Fsp3) is 0.429. The highest BCUT2D eigenvalue weighted by Crippen LogP contribution is 2.46. The number of para-hydroxylation sites is 1. The molecule has 2 fully saturated rings. The molecule has 2 aromatic carbocycles. The molecule has 2 amide bonds. The van der Waals surface area contributed by atoms with Gasteiger partial charge in [-0.25, -0.2) is 0 Å². The molecule has 6 heteroatoms. The van der Waals surface area contributed by atoms with Crippen LogP contribution in [0, 0.1) is 0 Å². The van der Waals surface area contributed by atoms with E-state index in [1.807, 2.05) is 29.3 Å². The molecule has 2 aliphatic carbocycles. The minimum absolute atomic E-state index is 0.00372. The zero-order valence-electron chi connectivity index (χ0n) is 19.5. The Kier molecular flexibility index (Phi) is 5.03. The van der Waals surface area contributed by atoms with Gasteiger partial charge in [0.2, 0.25) is 11.8 Å². The average molecular weight is 457 g/mol. The second-order valence-corrected chi connectivity index (χ2v) is 10.5. The maximum Gasteiger partial charge on any atom is 0.245 e. The first-order chi connectivity index (χ1) is 16.5. The third-order valence-corrected chi connectivity index (χ3v) is 8.44. The third kappa shape index (κ3) is 3.61. The van der Waals surface area contributed by atoms with Crippen molar-refractivity contribution in [1.82, 2.24) is 15.2 Å². The first-order valence-corrected chi connectivity index (χ1v) is 12.5. The lowest BCUT2D eigenvalue weighted by Gasteiger charge is -2.41. The predicted molar refractivity (Wildman–Crippen MR) is 132 cm³/mol. The molecule has 6 rings (SSSR count). The van der Waals surface area contributed by atoms with Crippen LogP contribution in [0.4, 0.5) is 0 Å². The Morgan fingerprint density at radius 3 is 2.53 bits per heavy atom. The number of aryl methyl sites for hydroxylation is 1. The van der Waals surface area contributed by atoms with Gasteiger partial charge in [-0.1, -0.05) is 42.5 Å². The Balaban J connectivity index is 1.21. The van der Waals surface area contributed by atoms with Gasteiger partial charge in [0, 0.05) is 36.6 Å². The highest BCUT2D eigenvalue weighted by Gasteiger charge is 2.48. The summed E-state index contributed by atoms with van der Waals surface area (Å²) in [5.74, 6) is -0.201. The number of hydrogen-bond acceptors (Lipinski definition) is 3. The van der Waals surface area contributed by atoms with Crippen LogP contribution < -0.4 is 11.1 Å². The highest BCUT2D eigenvalue weighted by atomic mass is 16.2. The van der Waals surface area contributed by atoms with Crippen molar-refractivity contribution in [1.29, 1.82) is 0 Å². The molecular weight excluding hydrogens is 424 g/mol. The number of piperidine rings is 1. The number of carbonyl (C=O) groups excluding carboxylic acids is 2. The van der Waals surface area contributed by atoms with E-state index in [1.165, 1.54) is 17.5 Å². The van der Waals surface area contributed by atoms with Crippen LogP contribution in [-0.4, -0.2) is 46.4 Å². The third-order valence-electron chi connectivity index (χ3n) is 8.44. The van der Waals surface area contributed by atoms with Crippen molar-refractivity contribution in [3.8, 4) is 0 Å². The fourth-order valence-electron chi connectivity index (χ4n) is 6.04.